The molecular formula is C20H20ClNO2. The van der Waals surface area contributed by atoms with E-state index in [2.05, 4.69) is 17.1 Å². The number of ether oxygens (including phenoxy) is 2. The Morgan fingerprint density at radius 1 is 0.875 bits per heavy atom. The molecule has 0 bridgehead atoms. The van der Waals surface area contributed by atoms with Crippen molar-refractivity contribution >= 4 is 11.6 Å². The first kappa shape index (κ1) is 16.5. The first-order valence-electron chi connectivity index (χ1n) is 7.99. The van der Waals surface area contributed by atoms with Gasteiger partial charge in [-0.25, -0.2) is 0 Å². The van der Waals surface area contributed by atoms with Gasteiger partial charge in [0.2, 0.25) is 0 Å². The largest absolute Gasteiger partial charge is 0.490 e. The number of nitrogens with one attached hydrogen (secondary N) is 1. The Bertz CT molecular complexity index is 767. The average Bonchev–Trinajstić information content (AvgIpc) is 3.09. The molecule has 124 valence electrons. The van der Waals surface area contributed by atoms with Gasteiger partial charge in [-0.1, -0.05) is 29.8 Å². The first-order valence-corrected chi connectivity index (χ1v) is 8.37. The van der Waals surface area contributed by atoms with Gasteiger partial charge in [0.15, 0.2) is 11.5 Å². The molecule has 0 spiro atoms. The molecule has 0 atom stereocenters. The van der Waals surface area contributed by atoms with Crippen molar-refractivity contribution in [2.75, 3.05) is 6.61 Å². The first-order chi connectivity index (χ1) is 11.7. The maximum atomic E-state index is 5.93. The third-order valence-electron chi connectivity index (χ3n) is 3.69. The van der Waals surface area contributed by atoms with Crippen LogP contribution in [0.25, 0.3) is 0 Å². The summed E-state index contributed by atoms with van der Waals surface area (Å²) in [5.41, 5.74) is 3.50. The Kier molecular flexibility index (Phi) is 5.44. The molecule has 24 heavy (non-hydrogen) atoms. The Balaban J connectivity index is 1.72. The molecule has 0 aliphatic rings. The van der Waals surface area contributed by atoms with Crippen LogP contribution >= 0.6 is 11.6 Å². The third kappa shape index (κ3) is 4.33. The van der Waals surface area contributed by atoms with Crippen molar-refractivity contribution in [3.63, 3.8) is 0 Å². The fraction of sp³-hybridized carbons (Fsp3) is 0.200. The van der Waals surface area contributed by atoms with Crippen LogP contribution in [0.15, 0.2) is 60.9 Å². The van der Waals surface area contributed by atoms with Gasteiger partial charge >= 0.3 is 0 Å². The van der Waals surface area contributed by atoms with E-state index in [0.717, 1.165) is 28.5 Å². The zero-order chi connectivity index (χ0) is 16.8. The maximum Gasteiger partial charge on any atom is 0.161 e. The van der Waals surface area contributed by atoms with Crippen LogP contribution in [0.4, 0.5) is 0 Å². The number of benzene rings is 2. The van der Waals surface area contributed by atoms with Gasteiger partial charge in [0.25, 0.3) is 0 Å². The number of H-pyrrole nitrogens is 1. The Morgan fingerprint density at radius 2 is 1.67 bits per heavy atom. The number of hydrogen-bond acceptors (Lipinski definition) is 2. The second-order valence-corrected chi connectivity index (χ2v) is 5.96. The molecule has 1 heterocycles. The lowest BCUT2D eigenvalue weighted by Crippen LogP contribution is -2.00. The molecule has 1 N–H and O–H groups in total. The number of aromatic nitrogens is 1. The minimum absolute atomic E-state index is 0.481. The smallest absolute Gasteiger partial charge is 0.161 e. The van der Waals surface area contributed by atoms with Gasteiger partial charge in [0.1, 0.15) is 6.61 Å². The molecule has 0 saturated carbocycles. The van der Waals surface area contributed by atoms with Gasteiger partial charge in [-0.05, 0) is 60.4 Å². The van der Waals surface area contributed by atoms with Crippen molar-refractivity contribution in [2.24, 2.45) is 0 Å². The van der Waals surface area contributed by atoms with E-state index in [9.17, 15) is 0 Å². The van der Waals surface area contributed by atoms with Crippen molar-refractivity contribution in [3.8, 4) is 11.5 Å². The SMILES string of the molecule is CCOc1cc(Cc2cc[nH]c2)ccc1OCc1ccc(Cl)cc1. The number of hydrogen-bond donors (Lipinski definition) is 1. The number of aromatic amines is 1. The topological polar surface area (TPSA) is 34.2 Å². The number of halogens is 1. The highest BCUT2D eigenvalue weighted by molar-refractivity contribution is 6.30. The molecule has 2 aromatic carbocycles. The molecule has 3 nitrogen and oxygen atoms in total. The van der Waals surface area contributed by atoms with Crippen LogP contribution < -0.4 is 9.47 Å². The lowest BCUT2D eigenvalue weighted by atomic mass is 10.1. The van der Waals surface area contributed by atoms with Crippen LogP contribution in [-0.2, 0) is 13.0 Å². The molecule has 3 aromatic rings. The molecular weight excluding hydrogens is 322 g/mol. The summed E-state index contributed by atoms with van der Waals surface area (Å²) in [6.45, 7) is 3.06. The predicted octanol–water partition coefficient (Wildman–Crippen LogP) is 5.24. The fourth-order valence-electron chi connectivity index (χ4n) is 2.50. The lowest BCUT2D eigenvalue weighted by Gasteiger charge is -2.13. The van der Waals surface area contributed by atoms with Crippen molar-refractivity contribution < 1.29 is 9.47 Å². The molecule has 3 rings (SSSR count). The molecule has 0 aliphatic carbocycles. The Hall–Kier alpha value is -2.39. The quantitative estimate of drug-likeness (QED) is 0.638. The molecule has 0 amide bonds. The van der Waals surface area contributed by atoms with Crippen LogP contribution in [-0.4, -0.2) is 11.6 Å². The van der Waals surface area contributed by atoms with E-state index >= 15 is 0 Å². The summed E-state index contributed by atoms with van der Waals surface area (Å²) in [6, 6.07) is 15.8. The van der Waals surface area contributed by atoms with Crippen molar-refractivity contribution in [2.45, 2.75) is 20.0 Å². The molecule has 0 fully saturated rings. The Labute approximate surface area is 147 Å². The van der Waals surface area contributed by atoms with Crippen molar-refractivity contribution in [1.82, 2.24) is 4.98 Å². The summed E-state index contributed by atoms with van der Waals surface area (Å²) in [5, 5.41) is 0.725. The molecule has 0 aliphatic heterocycles. The van der Waals surface area contributed by atoms with E-state index in [1.807, 2.05) is 55.7 Å². The van der Waals surface area contributed by atoms with Gasteiger partial charge in [-0.2, -0.15) is 0 Å². The molecule has 0 unspecified atom stereocenters. The highest BCUT2D eigenvalue weighted by atomic mass is 35.5. The highest BCUT2D eigenvalue weighted by Crippen LogP contribution is 2.30. The maximum absolute atomic E-state index is 5.93. The number of rotatable bonds is 7. The van der Waals surface area contributed by atoms with Crippen molar-refractivity contribution in [1.29, 1.82) is 0 Å². The summed E-state index contributed by atoms with van der Waals surface area (Å²) in [7, 11) is 0. The van der Waals surface area contributed by atoms with Crippen LogP contribution in [0.3, 0.4) is 0 Å². The van der Waals surface area contributed by atoms with Gasteiger partial charge < -0.3 is 14.5 Å². The van der Waals surface area contributed by atoms with Crippen LogP contribution in [0.2, 0.25) is 5.02 Å². The van der Waals surface area contributed by atoms with E-state index in [0.29, 0.717) is 13.2 Å². The lowest BCUT2D eigenvalue weighted by molar-refractivity contribution is 0.269. The minimum atomic E-state index is 0.481. The standard InChI is InChI=1S/C20H20ClNO2/c1-2-23-20-12-16(11-17-9-10-22-13-17)5-8-19(20)24-14-15-3-6-18(21)7-4-15/h3-10,12-13,22H,2,11,14H2,1H3. The molecule has 1 aromatic heterocycles. The van der Waals surface area contributed by atoms with Gasteiger partial charge in [-0.3, -0.25) is 0 Å². The van der Waals surface area contributed by atoms with E-state index in [-0.39, 0.29) is 0 Å². The summed E-state index contributed by atoms with van der Waals surface area (Å²) < 4.78 is 11.7. The summed E-state index contributed by atoms with van der Waals surface area (Å²) >= 11 is 5.91. The fourth-order valence-corrected chi connectivity index (χ4v) is 2.62. The predicted molar refractivity (Wildman–Crippen MR) is 97.0 cm³/mol. The Morgan fingerprint density at radius 3 is 2.38 bits per heavy atom. The van der Waals surface area contributed by atoms with E-state index < -0.39 is 0 Å². The van der Waals surface area contributed by atoms with Gasteiger partial charge in [0.05, 0.1) is 6.61 Å². The monoisotopic (exact) mass is 341 g/mol. The zero-order valence-corrected chi connectivity index (χ0v) is 14.3. The third-order valence-corrected chi connectivity index (χ3v) is 3.94. The summed E-state index contributed by atoms with van der Waals surface area (Å²) in [6.07, 6.45) is 4.80. The van der Waals surface area contributed by atoms with Gasteiger partial charge in [0, 0.05) is 17.4 Å². The van der Waals surface area contributed by atoms with Crippen LogP contribution in [0.5, 0.6) is 11.5 Å². The molecule has 4 heteroatoms. The zero-order valence-electron chi connectivity index (χ0n) is 13.6. The van der Waals surface area contributed by atoms with Gasteiger partial charge in [-0.15, -0.1) is 0 Å². The van der Waals surface area contributed by atoms with E-state index in [1.165, 1.54) is 11.1 Å². The van der Waals surface area contributed by atoms with Crippen LogP contribution in [0.1, 0.15) is 23.6 Å². The minimum Gasteiger partial charge on any atom is -0.490 e. The van der Waals surface area contributed by atoms with Crippen LogP contribution in [0, 0.1) is 0 Å². The average molecular weight is 342 g/mol. The molecule has 0 radical (unpaired) electrons. The summed E-state index contributed by atoms with van der Waals surface area (Å²) in [4.78, 5) is 3.08. The second kappa shape index (κ2) is 7.93. The van der Waals surface area contributed by atoms with Crippen molar-refractivity contribution in [3.05, 3.63) is 82.6 Å². The normalized spacial score (nSPS) is 10.6. The van der Waals surface area contributed by atoms with E-state index in [4.69, 9.17) is 21.1 Å². The highest BCUT2D eigenvalue weighted by Gasteiger charge is 2.08. The van der Waals surface area contributed by atoms with E-state index in [1.54, 1.807) is 0 Å². The summed E-state index contributed by atoms with van der Waals surface area (Å²) in [5.74, 6) is 1.53. The second-order valence-electron chi connectivity index (χ2n) is 5.53. The molecule has 0 saturated heterocycles.